The molecule has 2 heterocycles. The zero-order valence-electron chi connectivity index (χ0n) is 17.7. The normalized spacial score (nSPS) is 16.9. The zero-order valence-corrected chi connectivity index (χ0v) is 20.1. The van der Waals surface area contributed by atoms with E-state index in [9.17, 15) is 0 Å². The van der Waals surface area contributed by atoms with E-state index in [1.165, 1.54) is 5.56 Å². The number of benzene rings is 2. The van der Waals surface area contributed by atoms with Crippen molar-refractivity contribution in [3.05, 3.63) is 35.9 Å². The molecular weight excluding hydrogens is 495 g/mol. The minimum Gasteiger partial charge on any atom is -0.493 e. The summed E-state index contributed by atoms with van der Waals surface area (Å²) < 4.78 is 16.3. The third-order valence-corrected chi connectivity index (χ3v) is 5.58. The number of morpholine rings is 1. The van der Waals surface area contributed by atoms with Crippen molar-refractivity contribution < 1.29 is 14.2 Å². The van der Waals surface area contributed by atoms with Crippen LogP contribution in [0.15, 0.2) is 35.3 Å². The maximum absolute atomic E-state index is 5.44. The fourth-order valence-corrected chi connectivity index (χ4v) is 3.87. The summed E-state index contributed by atoms with van der Waals surface area (Å²) in [5.74, 6) is 2.51. The second-order valence-electron chi connectivity index (χ2n) is 7.39. The molecule has 2 aliphatic heterocycles. The first kappa shape index (κ1) is 22.9. The lowest BCUT2D eigenvalue weighted by atomic mass is 10.1. The van der Waals surface area contributed by atoms with Crippen molar-refractivity contribution in [2.75, 3.05) is 66.7 Å². The zero-order chi connectivity index (χ0) is 20.1. The molecule has 0 aliphatic carbocycles. The van der Waals surface area contributed by atoms with E-state index in [4.69, 9.17) is 14.2 Å². The molecule has 0 atom stereocenters. The molecule has 8 heteroatoms. The monoisotopic (exact) mass is 526 g/mol. The van der Waals surface area contributed by atoms with Crippen molar-refractivity contribution in [3.8, 4) is 11.5 Å². The Morgan fingerprint density at radius 3 is 2.43 bits per heavy atom. The van der Waals surface area contributed by atoms with E-state index in [1.807, 2.05) is 12.1 Å². The number of aliphatic imine (C=N–C) groups is 1. The van der Waals surface area contributed by atoms with Crippen molar-refractivity contribution in [1.82, 2.24) is 15.1 Å². The number of rotatable bonds is 7. The number of ether oxygens (including phenoxy) is 3. The van der Waals surface area contributed by atoms with Gasteiger partial charge in [0, 0.05) is 39.3 Å². The van der Waals surface area contributed by atoms with Crippen molar-refractivity contribution in [2.24, 2.45) is 4.99 Å². The van der Waals surface area contributed by atoms with Gasteiger partial charge in [-0.15, -0.1) is 24.0 Å². The molecule has 1 fully saturated rings. The largest absolute Gasteiger partial charge is 0.493 e. The molecule has 0 aromatic heterocycles. The fourth-order valence-electron chi connectivity index (χ4n) is 3.87. The van der Waals surface area contributed by atoms with Crippen LogP contribution in [0.4, 0.5) is 0 Å². The molecule has 0 spiro atoms. The molecule has 4 rings (SSSR count). The predicted octanol–water partition coefficient (Wildman–Crippen LogP) is 2.57. The van der Waals surface area contributed by atoms with Crippen LogP contribution in [-0.4, -0.2) is 82.5 Å². The summed E-state index contributed by atoms with van der Waals surface area (Å²) in [5.41, 5.74) is 1.22. The highest BCUT2D eigenvalue weighted by Crippen LogP contribution is 2.32. The number of methoxy groups -OCH3 is 2. The molecular formula is C22H31IN4O3. The van der Waals surface area contributed by atoms with Gasteiger partial charge in [0.15, 0.2) is 17.5 Å². The summed E-state index contributed by atoms with van der Waals surface area (Å²) in [7, 11) is 3.33. The van der Waals surface area contributed by atoms with Gasteiger partial charge in [-0.1, -0.05) is 12.1 Å². The number of guanidine groups is 1. The van der Waals surface area contributed by atoms with Crippen LogP contribution in [0.3, 0.4) is 0 Å². The van der Waals surface area contributed by atoms with Crippen LogP contribution in [0, 0.1) is 0 Å². The Hall–Kier alpha value is -1.78. The molecule has 7 nitrogen and oxygen atoms in total. The smallest absolute Gasteiger partial charge is 0.194 e. The van der Waals surface area contributed by atoms with E-state index in [0.717, 1.165) is 87.3 Å². The predicted molar refractivity (Wildman–Crippen MR) is 130 cm³/mol. The average Bonchev–Trinajstić information content (AvgIpc) is 3.23. The van der Waals surface area contributed by atoms with Crippen LogP contribution in [0.2, 0.25) is 0 Å². The Bertz CT molecular complexity index is 871. The molecule has 0 amide bonds. The van der Waals surface area contributed by atoms with Crippen LogP contribution in [-0.2, 0) is 11.3 Å². The van der Waals surface area contributed by atoms with Gasteiger partial charge in [0.05, 0.1) is 34.0 Å². The summed E-state index contributed by atoms with van der Waals surface area (Å²) in [5, 5.41) is 5.80. The van der Waals surface area contributed by atoms with Gasteiger partial charge in [-0.05, 0) is 34.5 Å². The quantitative estimate of drug-likeness (QED) is 0.560. The molecule has 0 bridgehead atoms. The fraction of sp³-hybridized carbons (Fsp3) is 0.500. The van der Waals surface area contributed by atoms with Gasteiger partial charge in [-0.3, -0.25) is 9.89 Å². The average molecular weight is 526 g/mol. The Kier molecular flexibility index (Phi) is 8.41. The summed E-state index contributed by atoms with van der Waals surface area (Å²) >= 11 is 0. The van der Waals surface area contributed by atoms with Gasteiger partial charge < -0.3 is 24.4 Å². The topological polar surface area (TPSA) is 58.6 Å². The number of halogens is 1. The first-order valence-corrected chi connectivity index (χ1v) is 10.2. The van der Waals surface area contributed by atoms with Crippen molar-refractivity contribution in [2.45, 2.75) is 6.54 Å². The van der Waals surface area contributed by atoms with Gasteiger partial charge in [0.1, 0.15) is 0 Å². The van der Waals surface area contributed by atoms with Crippen LogP contribution in [0.1, 0.15) is 5.56 Å². The van der Waals surface area contributed by atoms with E-state index in [-0.39, 0.29) is 24.0 Å². The Morgan fingerprint density at radius 2 is 1.70 bits per heavy atom. The number of fused-ring (bicyclic) bond motifs is 1. The lowest BCUT2D eigenvalue weighted by molar-refractivity contribution is 0.0361. The van der Waals surface area contributed by atoms with E-state index < -0.39 is 0 Å². The highest BCUT2D eigenvalue weighted by Gasteiger charge is 2.18. The maximum Gasteiger partial charge on any atom is 0.194 e. The molecule has 2 aliphatic rings. The number of hydrogen-bond acceptors (Lipinski definition) is 7. The molecule has 2 aromatic carbocycles. The molecule has 0 radical (unpaired) electrons. The molecule has 2 aromatic rings. The van der Waals surface area contributed by atoms with Gasteiger partial charge in [-0.2, -0.15) is 0 Å². The minimum atomic E-state index is 0. The van der Waals surface area contributed by atoms with Crippen LogP contribution < -0.4 is 14.8 Å². The van der Waals surface area contributed by atoms with Crippen molar-refractivity contribution in [3.63, 3.8) is 0 Å². The van der Waals surface area contributed by atoms with E-state index in [1.54, 1.807) is 14.2 Å². The second kappa shape index (κ2) is 11.0. The third-order valence-electron chi connectivity index (χ3n) is 5.58. The molecule has 0 saturated carbocycles. The Morgan fingerprint density at radius 1 is 0.967 bits per heavy atom. The first-order chi connectivity index (χ1) is 14.3. The number of nitrogens with zero attached hydrogens (tertiary/aromatic N) is 3. The Labute approximate surface area is 195 Å². The number of nitrogens with one attached hydrogen (secondary N) is 1. The summed E-state index contributed by atoms with van der Waals surface area (Å²) in [6.45, 7) is 8.40. The summed E-state index contributed by atoms with van der Waals surface area (Å²) in [6, 6.07) is 10.5. The van der Waals surface area contributed by atoms with Gasteiger partial charge in [0.25, 0.3) is 0 Å². The van der Waals surface area contributed by atoms with Crippen LogP contribution in [0.25, 0.3) is 10.8 Å². The highest BCUT2D eigenvalue weighted by atomic mass is 127. The molecule has 164 valence electrons. The molecule has 0 unspecified atom stereocenters. The van der Waals surface area contributed by atoms with E-state index >= 15 is 0 Å². The minimum absolute atomic E-state index is 0. The summed E-state index contributed by atoms with van der Waals surface area (Å²) in [6.07, 6.45) is 0. The van der Waals surface area contributed by atoms with Crippen LogP contribution >= 0.6 is 24.0 Å². The molecule has 1 N–H and O–H groups in total. The van der Waals surface area contributed by atoms with E-state index in [2.05, 4.69) is 38.3 Å². The molecule has 30 heavy (non-hydrogen) atoms. The Balaban J connectivity index is 0.00000256. The SMILES string of the molecule is COc1cc2ccc(CNC3=NCCN3CCN3CCOCC3)cc2cc1OC.I. The van der Waals surface area contributed by atoms with Gasteiger partial charge in [-0.25, -0.2) is 0 Å². The highest BCUT2D eigenvalue weighted by molar-refractivity contribution is 14.0. The second-order valence-corrected chi connectivity index (χ2v) is 7.39. The summed E-state index contributed by atoms with van der Waals surface area (Å²) in [4.78, 5) is 9.47. The lowest BCUT2D eigenvalue weighted by Crippen LogP contribution is -2.45. The van der Waals surface area contributed by atoms with E-state index in [0.29, 0.717) is 0 Å². The standard InChI is InChI=1S/C22H30N4O3.HI/c1-27-20-14-18-4-3-17(13-19(18)15-21(20)28-2)16-24-22-23-5-6-26(22)8-7-25-9-11-29-12-10-25;/h3-4,13-15H,5-12,16H2,1-2H3,(H,23,24);1H. The van der Waals surface area contributed by atoms with Gasteiger partial charge >= 0.3 is 0 Å². The lowest BCUT2D eigenvalue weighted by Gasteiger charge is -2.29. The van der Waals surface area contributed by atoms with Crippen molar-refractivity contribution in [1.29, 1.82) is 0 Å². The molecule has 1 saturated heterocycles. The maximum atomic E-state index is 5.44. The van der Waals surface area contributed by atoms with Crippen molar-refractivity contribution >= 4 is 40.7 Å². The first-order valence-electron chi connectivity index (χ1n) is 10.2. The third kappa shape index (κ3) is 5.47. The number of hydrogen-bond donors (Lipinski definition) is 1. The van der Waals surface area contributed by atoms with Crippen LogP contribution in [0.5, 0.6) is 11.5 Å². The van der Waals surface area contributed by atoms with Gasteiger partial charge in [0.2, 0.25) is 0 Å².